The maximum Gasteiger partial charge on any atom is 0.362 e. The smallest absolute Gasteiger partial charge is 0.362 e. The third-order valence-electron chi connectivity index (χ3n) is 4.97. The molecule has 1 aliphatic heterocycles. The van der Waals surface area contributed by atoms with Gasteiger partial charge in [-0.2, -0.15) is 8.42 Å². The number of aliphatic hydroxyl groups is 2. The fourth-order valence-electron chi connectivity index (χ4n) is 3.22. The van der Waals surface area contributed by atoms with E-state index in [4.69, 9.17) is 31.9 Å². The molecule has 0 aliphatic carbocycles. The van der Waals surface area contributed by atoms with Crippen LogP contribution in [0.15, 0.2) is 12.7 Å². The van der Waals surface area contributed by atoms with Crippen LogP contribution in [0.1, 0.15) is 19.1 Å². The maximum absolute atomic E-state index is 12.1. The van der Waals surface area contributed by atoms with Crippen molar-refractivity contribution in [3.05, 3.63) is 12.7 Å². The minimum absolute atomic E-state index is 0.0105. The molecule has 2 aromatic heterocycles. The number of imidazole rings is 1. The minimum Gasteiger partial charge on any atom is -0.387 e. The summed E-state index contributed by atoms with van der Waals surface area (Å²) in [4.78, 5) is 26.6. The van der Waals surface area contributed by atoms with Gasteiger partial charge in [0, 0.05) is 0 Å². The molecule has 1 amide bonds. The molecule has 0 radical (unpaired) electrons. The van der Waals surface area contributed by atoms with Gasteiger partial charge in [-0.15, -0.1) is 0 Å². The highest BCUT2D eigenvalue weighted by Crippen LogP contribution is 2.32. The van der Waals surface area contributed by atoms with Crippen molar-refractivity contribution in [2.45, 2.75) is 43.4 Å². The van der Waals surface area contributed by atoms with E-state index in [0.29, 0.717) is 13.0 Å². The van der Waals surface area contributed by atoms with E-state index >= 15 is 0 Å². The van der Waals surface area contributed by atoms with Crippen molar-refractivity contribution in [1.82, 2.24) is 24.2 Å². The highest BCUT2D eigenvalue weighted by atomic mass is 32.2. The van der Waals surface area contributed by atoms with Gasteiger partial charge in [-0.05, 0) is 12.8 Å². The van der Waals surface area contributed by atoms with Crippen molar-refractivity contribution < 1.29 is 37.3 Å². The van der Waals surface area contributed by atoms with Crippen LogP contribution in [0.2, 0.25) is 0 Å². The lowest BCUT2D eigenvalue weighted by Crippen LogP contribution is -2.78. The average Bonchev–Trinajstić information content (AvgIpc) is 3.31. The zero-order valence-corrected chi connectivity index (χ0v) is 18.6. The summed E-state index contributed by atoms with van der Waals surface area (Å²) in [6.45, 7) is -0.357. The van der Waals surface area contributed by atoms with E-state index in [9.17, 15) is 23.4 Å². The summed E-state index contributed by atoms with van der Waals surface area (Å²) in [5.74, 6) is -0.871. The highest BCUT2D eigenvalue weighted by molar-refractivity contribution is 7.85. The lowest BCUT2D eigenvalue weighted by atomic mass is 10.1. The average molecular weight is 504 g/mol. The number of nitrogens with zero attached hydrogens (tertiary/aromatic N) is 4. The number of aromatic nitrogens is 4. The van der Waals surface area contributed by atoms with Crippen LogP contribution in [-0.2, 0) is 24.0 Å². The lowest BCUT2D eigenvalue weighted by molar-refractivity contribution is -0.459. The molecule has 0 unspecified atom stereocenters. The molecule has 1 aliphatic rings. The van der Waals surface area contributed by atoms with Crippen LogP contribution in [0.4, 0.5) is 5.82 Å². The molecule has 0 bridgehead atoms. The number of nitrogens with two attached hydrogens (primary N) is 4. The summed E-state index contributed by atoms with van der Waals surface area (Å²) in [5.41, 5.74) is 22.4. The highest BCUT2D eigenvalue weighted by Gasteiger charge is 2.45. The number of guanidine groups is 1. The molecule has 18 heteroatoms. The number of carbonyl (C=O) groups excluding carboxylic acids is 1. The number of nitrogen functional groups attached to an aromatic ring is 1. The van der Waals surface area contributed by atoms with Crippen molar-refractivity contribution in [2.24, 2.45) is 17.2 Å². The predicted molar refractivity (Wildman–Crippen MR) is 115 cm³/mol. The Morgan fingerprint density at radius 1 is 1.29 bits per heavy atom. The SMILES string of the molecule is NC(N)=[NH+]CCC[C@H](N)C(=O)NS(=O)(=O)OC[C@H]1O[C@@H](n2cnc3c(N)ncnc32)[C@H](O)[C@@H]1O. The standard InChI is InChI=1S/C16H26N10O7S/c17-7(2-1-3-21-16(19)20)14(29)25-34(30,31)32-4-8-10(27)11(28)15(33-8)26-6-24-9-12(18)22-5-23-13(9)26/h5-8,10-11,15,27-28H,1-4,17H2,(H,25,29)(H2,18,22,23)(H4,19,20,21)/p+1/t7-,8+,10+,11+,15+/m0/s1. The van der Waals surface area contributed by atoms with E-state index in [0.717, 1.165) is 0 Å². The van der Waals surface area contributed by atoms with E-state index in [1.807, 2.05) is 0 Å². The Morgan fingerprint density at radius 3 is 2.74 bits per heavy atom. The van der Waals surface area contributed by atoms with E-state index in [-0.39, 0.29) is 29.4 Å². The number of hydrogen-bond acceptors (Lipinski definition) is 12. The third kappa shape index (κ3) is 5.85. The molecule has 0 saturated carbocycles. The molecule has 1 fully saturated rings. The van der Waals surface area contributed by atoms with Crippen LogP contribution < -0.4 is 32.6 Å². The van der Waals surface area contributed by atoms with E-state index in [1.165, 1.54) is 17.2 Å². The summed E-state index contributed by atoms with van der Waals surface area (Å²) in [6, 6.07) is -1.14. The lowest BCUT2D eigenvalue weighted by Gasteiger charge is -2.16. The number of aliphatic hydroxyl groups excluding tert-OH is 2. The first-order valence-electron chi connectivity index (χ1n) is 10.0. The summed E-state index contributed by atoms with van der Waals surface area (Å²) in [5, 5.41) is 20.7. The van der Waals surface area contributed by atoms with Gasteiger partial charge in [0.05, 0.1) is 25.5 Å². The van der Waals surface area contributed by atoms with Crippen molar-refractivity contribution in [1.29, 1.82) is 0 Å². The number of ether oxygens (including phenoxy) is 1. The largest absolute Gasteiger partial charge is 0.387 e. The Kier molecular flexibility index (Phi) is 7.79. The number of carbonyl (C=O) groups is 1. The second kappa shape index (κ2) is 10.4. The van der Waals surface area contributed by atoms with Gasteiger partial charge in [-0.1, -0.05) is 0 Å². The summed E-state index contributed by atoms with van der Waals surface area (Å²) in [6.07, 6.45) is -2.40. The molecule has 5 atom stereocenters. The van der Waals surface area contributed by atoms with Gasteiger partial charge in [0.15, 0.2) is 17.7 Å². The van der Waals surface area contributed by atoms with Crippen LogP contribution in [-0.4, -0.2) is 87.5 Å². The second-order valence-corrected chi connectivity index (χ2v) is 8.81. The Hall–Kier alpha value is -3.16. The zero-order chi connectivity index (χ0) is 25.0. The molecule has 3 heterocycles. The van der Waals surface area contributed by atoms with Gasteiger partial charge in [0.2, 0.25) is 0 Å². The van der Waals surface area contributed by atoms with Crippen LogP contribution in [0.5, 0.6) is 0 Å². The molecule has 3 rings (SSSR count). The number of hydrogen-bond donors (Lipinski definition) is 8. The fourth-order valence-corrected chi connectivity index (χ4v) is 3.99. The number of anilines is 1. The molecule has 2 aromatic rings. The Labute approximate surface area is 193 Å². The van der Waals surface area contributed by atoms with Crippen LogP contribution >= 0.6 is 0 Å². The number of fused-ring (bicyclic) bond motifs is 1. The fraction of sp³-hybridized carbons (Fsp3) is 0.562. The van der Waals surface area contributed by atoms with E-state index < -0.39 is 53.4 Å². The van der Waals surface area contributed by atoms with E-state index in [1.54, 1.807) is 4.72 Å². The maximum atomic E-state index is 12.1. The van der Waals surface area contributed by atoms with Crippen LogP contribution in [0.25, 0.3) is 11.2 Å². The van der Waals surface area contributed by atoms with Crippen molar-refractivity contribution in [2.75, 3.05) is 18.9 Å². The molecule has 17 nitrogen and oxygen atoms in total. The first kappa shape index (κ1) is 25.5. The molecule has 1 saturated heterocycles. The normalized spacial score (nSPS) is 23.6. The molecular weight excluding hydrogens is 476 g/mol. The molecule has 34 heavy (non-hydrogen) atoms. The summed E-state index contributed by atoms with van der Waals surface area (Å²) >= 11 is 0. The minimum atomic E-state index is -4.58. The molecule has 0 aromatic carbocycles. The number of rotatable bonds is 10. The van der Waals surface area contributed by atoms with Crippen molar-refractivity contribution in [3.63, 3.8) is 0 Å². The first-order valence-corrected chi connectivity index (χ1v) is 11.4. The monoisotopic (exact) mass is 503 g/mol. The van der Waals surface area contributed by atoms with Crippen molar-refractivity contribution >= 4 is 39.2 Å². The molecule has 12 N–H and O–H groups in total. The molecular formula is C16H27N10O7S+. The summed E-state index contributed by atoms with van der Waals surface area (Å²) < 4.78 is 37.6. The Morgan fingerprint density at radius 2 is 2.03 bits per heavy atom. The van der Waals surface area contributed by atoms with Gasteiger partial charge in [-0.3, -0.25) is 30.0 Å². The van der Waals surface area contributed by atoms with Gasteiger partial charge in [0.1, 0.15) is 30.2 Å². The quantitative estimate of drug-likeness (QED) is 0.0850. The molecule has 188 valence electrons. The van der Waals surface area contributed by atoms with Gasteiger partial charge < -0.3 is 26.4 Å². The topological polar surface area (TPSA) is 284 Å². The van der Waals surface area contributed by atoms with Crippen LogP contribution in [0, 0.1) is 0 Å². The zero-order valence-electron chi connectivity index (χ0n) is 17.8. The first-order chi connectivity index (χ1) is 16.0. The molecule has 0 spiro atoms. The third-order valence-corrected chi connectivity index (χ3v) is 5.87. The van der Waals surface area contributed by atoms with Crippen molar-refractivity contribution in [3.8, 4) is 0 Å². The Bertz CT molecular complexity index is 1150. The van der Waals surface area contributed by atoms with Gasteiger partial charge in [-0.25, -0.2) is 19.7 Å². The second-order valence-electron chi connectivity index (χ2n) is 7.47. The predicted octanol–water partition coefficient (Wildman–Crippen LogP) is -6.13. The summed E-state index contributed by atoms with van der Waals surface area (Å²) in [7, 11) is -4.58. The van der Waals surface area contributed by atoms with Gasteiger partial charge in [0.25, 0.3) is 5.91 Å². The number of nitrogens with one attached hydrogen (secondary N) is 2. The van der Waals surface area contributed by atoms with E-state index in [2.05, 4.69) is 19.9 Å². The van der Waals surface area contributed by atoms with Crippen LogP contribution in [0.3, 0.4) is 0 Å². The Balaban J connectivity index is 1.56. The van der Waals surface area contributed by atoms with Gasteiger partial charge >= 0.3 is 16.3 Å². The number of amides is 1.